The molecule has 0 saturated heterocycles. The van der Waals surface area contributed by atoms with E-state index in [1.807, 2.05) is 0 Å². The molecule has 1 N–H and O–H groups in total. The monoisotopic (exact) mass is 398 g/mol. The Morgan fingerprint density at radius 2 is 1.18 bits per heavy atom. The number of aliphatic carboxylic acids is 1. The topological polar surface area (TPSA) is 110 Å². The summed E-state index contributed by atoms with van der Waals surface area (Å²) in [5.41, 5.74) is 0.527. The number of hydrogen-bond acceptors (Lipinski definition) is 8. The number of benzene rings is 1. The van der Waals surface area contributed by atoms with Gasteiger partial charge in [-0.15, -0.1) is 0 Å². The number of fused-ring (bicyclic) bond motifs is 1. The zero-order valence-corrected chi connectivity index (χ0v) is 15.7. The molecule has 0 saturated carbocycles. The van der Waals surface area contributed by atoms with E-state index in [0.29, 0.717) is 76.5 Å². The maximum atomic E-state index is 11.4. The van der Waals surface area contributed by atoms with Gasteiger partial charge in [0.25, 0.3) is 0 Å². The van der Waals surface area contributed by atoms with E-state index in [1.54, 1.807) is 18.2 Å². The number of carboxylic acids is 1. The summed E-state index contributed by atoms with van der Waals surface area (Å²) in [6, 6.07) is 4.89. The van der Waals surface area contributed by atoms with Gasteiger partial charge in [0.2, 0.25) is 5.78 Å². The van der Waals surface area contributed by atoms with E-state index in [1.165, 1.54) is 0 Å². The Labute approximate surface area is 163 Å². The van der Waals surface area contributed by atoms with Crippen LogP contribution >= 0.6 is 0 Å². The molecule has 1 aliphatic rings. The highest BCUT2D eigenvalue weighted by Crippen LogP contribution is 2.29. The number of carboxylic acid groups (broad SMARTS) is 1. The molecule has 28 heavy (non-hydrogen) atoms. The van der Waals surface area contributed by atoms with Gasteiger partial charge in [0.05, 0.1) is 52.9 Å². The molecule has 1 heterocycles. The number of hydrogen-bond donors (Lipinski definition) is 1. The van der Waals surface area contributed by atoms with Crippen LogP contribution in [0.4, 0.5) is 0 Å². The van der Waals surface area contributed by atoms with Crippen LogP contribution in [0.25, 0.3) is 0 Å². The van der Waals surface area contributed by atoms with Gasteiger partial charge < -0.3 is 33.5 Å². The molecule has 0 amide bonds. The van der Waals surface area contributed by atoms with Gasteiger partial charge >= 0.3 is 5.97 Å². The minimum absolute atomic E-state index is 0.219. The van der Waals surface area contributed by atoms with Gasteiger partial charge in [-0.3, -0.25) is 4.79 Å². The zero-order chi connectivity index (χ0) is 20.0. The van der Waals surface area contributed by atoms with E-state index in [-0.39, 0.29) is 13.0 Å². The first-order chi connectivity index (χ1) is 13.7. The second-order valence-corrected chi connectivity index (χ2v) is 5.83. The highest BCUT2D eigenvalue weighted by atomic mass is 16.6. The van der Waals surface area contributed by atoms with Crippen molar-refractivity contribution in [3.8, 4) is 11.5 Å². The Morgan fingerprint density at radius 3 is 1.68 bits per heavy atom. The van der Waals surface area contributed by atoms with Crippen molar-refractivity contribution in [3.05, 3.63) is 23.8 Å². The Bertz CT molecular complexity index is 617. The van der Waals surface area contributed by atoms with E-state index in [2.05, 4.69) is 0 Å². The molecule has 0 aliphatic carbocycles. The predicted octanol–water partition coefficient (Wildman–Crippen LogP) is 0.720. The minimum Gasteiger partial charge on any atom is -0.487 e. The van der Waals surface area contributed by atoms with Crippen molar-refractivity contribution < 1.29 is 43.1 Å². The molecule has 1 aliphatic heterocycles. The van der Waals surface area contributed by atoms with Crippen molar-refractivity contribution in [3.63, 3.8) is 0 Å². The van der Waals surface area contributed by atoms with Crippen molar-refractivity contribution >= 4 is 11.8 Å². The molecule has 2 rings (SSSR count). The third-order valence-electron chi connectivity index (χ3n) is 3.70. The molecule has 0 radical (unpaired) electrons. The lowest BCUT2D eigenvalue weighted by Gasteiger charge is -2.15. The van der Waals surface area contributed by atoms with Crippen LogP contribution in [-0.2, 0) is 35.0 Å². The van der Waals surface area contributed by atoms with Crippen molar-refractivity contribution in [1.29, 1.82) is 0 Å². The maximum Gasteiger partial charge on any atom is 0.372 e. The van der Waals surface area contributed by atoms with Crippen LogP contribution in [0.3, 0.4) is 0 Å². The molecule has 0 spiro atoms. The molecule has 1 aromatic rings. The summed E-state index contributed by atoms with van der Waals surface area (Å²) in [7, 11) is 0. The molecular weight excluding hydrogens is 372 g/mol. The van der Waals surface area contributed by atoms with Crippen LogP contribution in [0.15, 0.2) is 18.2 Å². The number of rotatable bonds is 3. The minimum atomic E-state index is -1.47. The standard InChI is InChI=1S/C19H26O9/c20-16(19(21)22)13-15-1-2-17-18(14-15)28-12-10-26-8-6-24-4-3-23-5-7-25-9-11-27-17/h1-2,14H,3-13H2,(H,21,22). The normalized spacial score (nSPS) is 17.9. The zero-order valence-electron chi connectivity index (χ0n) is 15.7. The summed E-state index contributed by atoms with van der Waals surface area (Å²) < 4.78 is 33.0. The van der Waals surface area contributed by atoms with Gasteiger partial charge in [-0.1, -0.05) is 6.07 Å². The van der Waals surface area contributed by atoms with Crippen LogP contribution < -0.4 is 9.47 Å². The van der Waals surface area contributed by atoms with Crippen LogP contribution in [0, 0.1) is 0 Å². The molecule has 0 fully saturated rings. The largest absolute Gasteiger partial charge is 0.487 e. The van der Waals surface area contributed by atoms with Crippen molar-refractivity contribution in [2.45, 2.75) is 6.42 Å². The van der Waals surface area contributed by atoms with E-state index >= 15 is 0 Å². The highest BCUT2D eigenvalue weighted by molar-refractivity contribution is 6.33. The molecular formula is C19H26O9. The second kappa shape index (κ2) is 13.1. The van der Waals surface area contributed by atoms with Gasteiger partial charge in [0, 0.05) is 6.42 Å². The molecule has 0 bridgehead atoms. The number of carbonyl (C=O) groups is 2. The maximum absolute atomic E-state index is 11.4. The number of carbonyl (C=O) groups excluding carboxylic acids is 1. The van der Waals surface area contributed by atoms with E-state index in [4.69, 9.17) is 33.5 Å². The highest BCUT2D eigenvalue weighted by Gasteiger charge is 2.14. The summed E-state index contributed by atoms with van der Waals surface area (Å²) in [5.74, 6) is -1.46. The average molecular weight is 398 g/mol. The summed E-state index contributed by atoms with van der Waals surface area (Å²) in [5, 5.41) is 8.77. The first-order valence-electron chi connectivity index (χ1n) is 9.12. The number of ether oxygens (including phenoxy) is 6. The molecule has 9 nitrogen and oxygen atoms in total. The third-order valence-corrected chi connectivity index (χ3v) is 3.70. The van der Waals surface area contributed by atoms with Gasteiger partial charge in [-0.25, -0.2) is 4.79 Å². The molecule has 0 atom stereocenters. The number of Topliss-reactive ketones (excluding diaryl/α,β-unsaturated/α-hetero) is 1. The van der Waals surface area contributed by atoms with Crippen LogP contribution in [0.2, 0.25) is 0 Å². The molecule has 156 valence electrons. The molecule has 9 heteroatoms. The predicted molar refractivity (Wildman–Crippen MR) is 97.1 cm³/mol. The summed E-state index contributed by atoms with van der Waals surface area (Å²) in [4.78, 5) is 22.2. The summed E-state index contributed by atoms with van der Waals surface area (Å²) >= 11 is 0. The SMILES string of the molecule is O=C(O)C(=O)Cc1ccc2c(c1)OCCOCCOCCOCCOCCO2. The Balaban J connectivity index is 1.97. The second-order valence-electron chi connectivity index (χ2n) is 5.83. The van der Waals surface area contributed by atoms with Crippen molar-refractivity contribution in [2.75, 3.05) is 66.1 Å². The quantitative estimate of drug-likeness (QED) is 0.737. The number of ketones is 1. The smallest absolute Gasteiger partial charge is 0.372 e. The Hall–Kier alpha value is -2.20. The first kappa shape index (κ1) is 22.1. The lowest BCUT2D eigenvalue weighted by atomic mass is 10.1. The Kier molecular flexibility index (Phi) is 10.3. The molecule has 1 aromatic carbocycles. The fraction of sp³-hybridized carbons (Fsp3) is 0.579. The lowest BCUT2D eigenvalue weighted by Crippen LogP contribution is -2.16. The van der Waals surface area contributed by atoms with E-state index in [0.717, 1.165) is 0 Å². The van der Waals surface area contributed by atoms with Gasteiger partial charge in [-0.2, -0.15) is 0 Å². The van der Waals surface area contributed by atoms with Crippen LogP contribution in [0.5, 0.6) is 11.5 Å². The fourth-order valence-corrected chi connectivity index (χ4v) is 2.34. The summed E-state index contributed by atoms with van der Waals surface area (Å²) in [6.07, 6.45) is -0.219. The fourth-order valence-electron chi connectivity index (χ4n) is 2.34. The van der Waals surface area contributed by atoms with Crippen molar-refractivity contribution in [1.82, 2.24) is 0 Å². The third kappa shape index (κ3) is 8.66. The van der Waals surface area contributed by atoms with Crippen molar-refractivity contribution in [2.24, 2.45) is 0 Å². The molecule has 0 aromatic heterocycles. The van der Waals surface area contributed by atoms with Gasteiger partial charge in [0.15, 0.2) is 11.5 Å². The first-order valence-corrected chi connectivity index (χ1v) is 9.12. The summed E-state index contributed by atoms with van der Waals surface area (Å²) in [6.45, 7) is 4.12. The van der Waals surface area contributed by atoms with Crippen LogP contribution in [0.1, 0.15) is 5.56 Å². The van der Waals surface area contributed by atoms with Gasteiger partial charge in [-0.05, 0) is 17.7 Å². The molecule has 0 unspecified atom stereocenters. The Morgan fingerprint density at radius 1 is 0.714 bits per heavy atom. The lowest BCUT2D eigenvalue weighted by molar-refractivity contribution is -0.148. The van der Waals surface area contributed by atoms with Gasteiger partial charge in [0.1, 0.15) is 13.2 Å². The van der Waals surface area contributed by atoms with E-state index in [9.17, 15) is 9.59 Å². The van der Waals surface area contributed by atoms with Crippen LogP contribution in [-0.4, -0.2) is 82.9 Å². The average Bonchev–Trinajstić information content (AvgIpc) is 2.68. The van der Waals surface area contributed by atoms with E-state index < -0.39 is 11.8 Å².